The van der Waals surface area contributed by atoms with Gasteiger partial charge in [-0.15, -0.1) is 0 Å². The molecule has 21 rings (SSSR count). The molecule has 0 radical (unpaired) electrons. The first-order valence-electron chi connectivity index (χ1n) is 53.4. The van der Waals surface area contributed by atoms with E-state index in [2.05, 4.69) is 93.2 Å². The molecule has 1 aliphatic carbocycles. The normalized spacial score (nSPS) is 22.3. The van der Waals surface area contributed by atoms with Gasteiger partial charge >= 0.3 is 0 Å². The van der Waals surface area contributed by atoms with E-state index < -0.39 is 87.5 Å². The molecule has 4 N–H and O–H groups in total. The van der Waals surface area contributed by atoms with Gasteiger partial charge in [0, 0.05) is 244 Å². The van der Waals surface area contributed by atoms with Crippen molar-refractivity contribution in [3.63, 3.8) is 0 Å². The number of rotatable bonds is 32. The van der Waals surface area contributed by atoms with Gasteiger partial charge in [0.25, 0.3) is 0 Å². The van der Waals surface area contributed by atoms with Crippen molar-refractivity contribution in [1.29, 1.82) is 0 Å². The number of fused-ring (bicyclic) bond motifs is 12. The average Bonchev–Trinajstić information content (AvgIpc) is 1.55. The Morgan fingerprint density at radius 3 is 1.04 bits per heavy atom. The summed E-state index contributed by atoms with van der Waals surface area (Å²) in [5.74, 6) is -5.39. The second-order valence-corrected chi connectivity index (χ2v) is 46.1. The smallest absolute Gasteiger partial charge is 0.135 e. The molecule has 5 saturated heterocycles. The van der Waals surface area contributed by atoms with Crippen LogP contribution in [-0.4, -0.2) is 225 Å². The van der Waals surface area contributed by atoms with Crippen LogP contribution in [0.1, 0.15) is 253 Å². The number of ether oxygens (including phenoxy) is 5. The zero-order chi connectivity index (χ0) is 105. The highest BCUT2D eigenvalue weighted by Gasteiger charge is 2.50. The van der Waals surface area contributed by atoms with Gasteiger partial charge in [-0.2, -0.15) is 0 Å². The molecule has 8 aromatic carbocycles. The molecular weight excluding hydrogens is 1930 g/mol. The quantitative estimate of drug-likeness (QED) is 0.0299. The Bertz CT molecular complexity index is 6270. The first kappa shape index (κ1) is 108. The number of alkyl halides is 3. The maximum absolute atomic E-state index is 15.9. The highest BCUT2D eigenvalue weighted by Crippen LogP contribution is 2.55. The fourth-order valence-corrected chi connectivity index (χ4v) is 24.3. The fourth-order valence-electron chi connectivity index (χ4n) is 24.1. The van der Waals surface area contributed by atoms with E-state index in [-0.39, 0.29) is 136 Å². The minimum atomic E-state index is -1.59. The first-order valence-corrected chi connectivity index (χ1v) is 53.8. The molecule has 0 spiro atoms. The summed E-state index contributed by atoms with van der Waals surface area (Å²) in [5.41, 5.74) is 4.79. The van der Waals surface area contributed by atoms with Gasteiger partial charge in [0.2, 0.25) is 0 Å². The van der Waals surface area contributed by atoms with Gasteiger partial charge in [-0.25, -0.2) is 57.1 Å². The molecule has 0 saturated carbocycles. The minimum Gasteiger partial charge on any atom is -0.488 e. The molecule has 16 nitrogen and oxygen atoms in total. The van der Waals surface area contributed by atoms with E-state index in [1.807, 2.05) is 49.9 Å². The highest BCUT2D eigenvalue weighted by atomic mass is 35.5. The van der Waals surface area contributed by atoms with Crippen molar-refractivity contribution in [3.05, 3.63) is 258 Å². The van der Waals surface area contributed by atoms with E-state index in [0.29, 0.717) is 71.0 Å². The maximum atomic E-state index is 15.9. The van der Waals surface area contributed by atoms with Crippen LogP contribution in [0.4, 0.5) is 57.1 Å². The zero-order valence-corrected chi connectivity index (χ0v) is 88.6. The number of aromatic amines is 4. The van der Waals surface area contributed by atoms with Crippen molar-refractivity contribution >= 4 is 55.2 Å². The lowest BCUT2D eigenvalue weighted by Gasteiger charge is -2.46. The van der Waals surface area contributed by atoms with Crippen LogP contribution in [0.15, 0.2) is 127 Å². The Kier molecular flexibility index (Phi) is 32.4. The summed E-state index contributed by atoms with van der Waals surface area (Å²) in [5, 5.41) is 4.17. The number of unbranched alkanes of at least 4 members (excludes halogenated alkanes) is 4. The first-order chi connectivity index (χ1) is 70.5. The molecular formula is C118H143ClF13N11O5. The number of nitrogens with one attached hydrogen (secondary N) is 4. The molecule has 8 aliphatic heterocycles. The summed E-state index contributed by atoms with van der Waals surface area (Å²) < 4.78 is 228. The molecule has 9 aliphatic rings. The summed E-state index contributed by atoms with van der Waals surface area (Å²) in [4.78, 5) is 28.0. The van der Waals surface area contributed by atoms with Gasteiger partial charge in [0.15, 0.2) is 0 Å². The van der Waals surface area contributed by atoms with Crippen LogP contribution in [0, 0.1) is 75.4 Å². The van der Waals surface area contributed by atoms with Gasteiger partial charge in [-0.3, -0.25) is 34.3 Å². The van der Waals surface area contributed by atoms with E-state index in [1.54, 1.807) is 28.0 Å². The van der Waals surface area contributed by atoms with Gasteiger partial charge in [-0.05, 0) is 241 Å². The van der Waals surface area contributed by atoms with Crippen molar-refractivity contribution in [2.45, 2.75) is 271 Å². The third-order valence-electron chi connectivity index (χ3n) is 31.4. The van der Waals surface area contributed by atoms with Crippen LogP contribution >= 0.6 is 11.6 Å². The Hall–Kier alpha value is -9.82. The van der Waals surface area contributed by atoms with Gasteiger partial charge in [0.1, 0.15) is 123 Å². The number of hydrogen-bond donors (Lipinski definition) is 4. The number of nitrogens with zero attached hydrogens (tertiary/aromatic N) is 7. The van der Waals surface area contributed by atoms with Gasteiger partial charge < -0.3 is 43.6 Å². The monoisotopic (exact) mass is 2080 g/mol. The summed E-state index contributed by atoms with van der Waals surface area (Å²) >= 11 is 6.27. The minimum absolute atomic E-state index is 0.0113. The van der Waals surface area contributed by atoms with Crippen molar-refractivity contribution in [3.8, 4) is 23.0 Å². The average molecular weight is 2080 g/mol. The number of hydrogen-bond acceptors (Lipinski definition) is 12. The Labute approximate surface area is 865 Å². The summed E-state index contributed by atoms with van der Waals surface area (Å²) in [6.45, 7) is 39.2. The molecule has 798 valence electrons. The van der Waals surface area contributed by atoms with Crippen molar-refractivity contribution in [2.24, 2.45) is 17.3 Å². The largest absolute Gasteiger partial charge is 0.488 e. The van der Waals surface area contributed by atoms with E-state index in [0.717, 1.165) is 192 Å². The number of para-hydroxylation sites is 1. The number of aromatic nitrogens is 4. The second-order valence-electron chi connectivity index (χ2n) is 45.7. The molecule has 0 amide bonds. The maximum Gasteiger partial charge on any atom is 0.135 e. The Balaban J connectivity index is 0.000000129. The summed E-state index contributed by atoms with van der Waals surface area (Å²) in [6, 6.07) is 29.7. The third-order valence-corrected chi connectivity index (χ3v) is 31.7. The molecule has 4 aromatic heterocycles. The summed E-state index contributed by atoms with van der Waals surface area (Å²) in [6.07, 6.45) is 12.2. The van der Waals surface area contributed by atoms with E-state index in [1.165, 1.54) is 120 Å². The van der Waals surface area contributed by atoms with Crippen LogP contribution in [0.2, 0.25) is 5.02 Å². The lowest BCUT2D eigenvalue weighted by atomic mass is 9.63. The Morgan fingerprint density at radius 1 is 0.365 bits per heavy atom. The number of benzene rings is 8. The third kappa shape index (κ3) is 23.7. The lowest BCUT2D eigenvalue weighted by molar-refractivity contribution is -0.117. The molecule has 9 atom stereocenters. The summed E-state index contributed by atoms with van der Waals surface area (Å²) in [7, 11) is 0. The predicted octanol–water partition coefficient (Wildman–Crippen LogP) is 26.8. The van der Waals surface area contributed by atoms with Crippen LogP contribution in [0.3, 0.4) is 0 Å². The highest BCUT2D eigenvalue weighted by molar-refractivity contribution is 6.31. The van der Waals surface area contributed by atoms with E-state index in [4.69, 9.17) is 35.3 Å². The lowest BCUT2D eigenvalue weighted by Crippen LogP contribution is -2.53. The van der Waals surface area contributed by atoms with E-state index >= 15 is 35.1 Å². The Morgan fingerprint density at radius 2 is 0.676 bits per heavy atom. The van der Waals surface area contributed by atoms with Gasteiger partial charge in [0.05, 0.1) is 31.3 Å². The van der Waals surface area contributed by atoms with Crippen LogP contribution in [0.5, 0.6) is 23.0 Å². The number of H-pyrrole nitrogens is 4. The molecule has 148 heavy (non-hydrogen) atoms. The topological polar surface area (TPSA) is 132 Å². The van der Waals surface area contributed by atoms with Crippen LogP contribution in [-0.2, 0) is 30.4 Å². The standard InChI is InChI=1S/C31H38F2N2O2.C29H35ClF3N3O.2C29H35F4N3O/c1-4-5-10-35-15-21(16-35)37-20-12-25(32)29(26(33)13-20)28-24(14-31(3)17-36-18-31)19(2)11-23-22-8-6-7-9-27(22)34-30(23)28;2*1-5-6-9-35-14-20(15-35)37-19-12-23(31)26(24(32)13-19)28-27-22(10-17(2)36(28)16-29(3,4)33)21-11-18(30)7-8-25(21)34-27;1-5-6-9-35-14-20(15-35)37-19-12-23(31)26(24(32)13-19)28-27-22(10-17(2)36(28)16-29(3,4)33)21-8-7-18(30)11-25(21)34-27/h6-9,12-13,19,21,24,28,34H,4-5,10-11,14-18H2,1-3H3;3*7-8,11-13,17,20,28,34H,5-6,9-10,14-16H2,1-4H3/t19-,24?,28-;17-,28+;2*17-,28-/m1011/s1. The SMILES string of the molecule is CCCCN1CC(Oc2cc(F)c([C@@H]3c4[nH]c5cc(F)ccc5c4C[C@@H](C)N3CC(C)(C)F)c(F)c2)C1.CCCCN1CC(Oc2cc(F)c([C@@H]3c4[nH]c5ccc(Cl)cc5c4C[C@H](C)N3CC(C)(C)F)c(F)c2)C1.CCCCN1CC(Oc2cc(F)c([C@@H]3c4[nH]c5ccc(F)cc5c4C[C@@H](C)N3CC(C)(C)F)c(F)c2)C1.CCCCN1CC(Oc2cc(F)c([C@@H]3c4[nH]c5ccccc5c4C[C@@H](C)C3CC3(C)COC3)c(F)c2)C1. The molecule has 0 bridgehead atoms. The molecule has 30 heteroatoms. The number of likely N-dealkylation sites (tertiary alicyclic amines) is 4. The van der Waals surface area contributed by atoms with Crippen LogP contribution in [0.25, 0.3) is 43.6 Å². The van der Waals surface area contributed by atoms with E-state index in [9.17, 15) is 22.0 Å². The molecule has 5 fully saturated rings. The fraction of sp³-hybridized carbons (Fsp3) is 0.525. The van der Waals surface area contributed by atoms with Gasteiger partial charge in [-0.1, -0.05) is 97.0 Å². The zero-order valence-electron chi connectivity index (χ0n) is 87.8. The molecule has 1 unspecified atom stereocenters. The number of halogens is 14. The van der Waals surface area contributed by atoms with Crippen molar-refractivity contribution in [1.82, 2.24) is 54.2 Å². The second kappa shape index (κ2) is 44.5. The van der Waals surface area contributed by atoms with Crippen LogP contribution < -0.4 is 18.9 Å². The van der Waals surface area contributed by atoms with Crippen molar-refractivity contribution < 1.29 is 80.8 Å². The molecule has 12 aromatic rings. The van der Waals surface area contributed by atoms with Crippen molar-refractivity contribution in [2.75, 3.05) is 111 Å². The molecule has 12 heterocycles. The predicted molar refractivity (Wildman–Crippen MR) is 559 cm³/mol.